The number of nitrogens with zero attached hydrogens (tertiary/aromatic N) is 5. The van der Waals surface area contributed by atoms with Gasteiger partial charge in [0.25, 0.3) is 0 Å². The second kappa shape index (κ2) is 7.43. The van der Waals surface area contributed by atoms with E-state index in [1.165, 1.54) is 12.8 Å². The molecule has 3 aromatic heterocycles. The maximum Gasteiger partial charge on any atom is 0.165 e. The molecule has 7 heteroatoms. The molecule has 0 radical (unpaired) electrons. The van der Waals surface area contributed by atoms with Crippen LogP contribution in [0, 0.1) is 11.3 Å². The molecular weight excluding hydrogens is 398 g/mol. The maximum absolute atomic E-state index is 9.86. The molecule has 1 aromatic carbocycles. The average molecular weight is 422 g/mol. The molecule has 3 atom stereocenters. The summed E-state index contributed by atoms with van der Waals surface area (Å²) in [7, 11) is 0. The van der Waals surface area contributed by atoms with Crippen LogP contribution in [-0.2, 0) is 0 Å². The van der Waals surface area contributed by atoms with E-state index in [4.69, 9.17) is 10.7 Å². The van der Waals surface area contributed by atoms with Gasteiger partial charge in [0, 0.05) is 40.9 Å². The zero-order valence-electron chi connectivity index (χ0n) is 17.6. The van der Waals surface area contributed by atoms with Crippen molar-refractivity contribution in [3.05, 3.63) is 66.1 Å². The molecule has 6 rings (SSSR count). The van der Waals surface area contributed by atoms with Crippen LogP contribution in [0.4, 0.5) is 5.82 Å². The van der Waals surface area contributed by atoms with Gasteiger partial charge >= 0.3 is 0 Å². The molecule has 2 aliphatic heterocycles. The summed E-state index contributed by atoms with van der Waals surface area (Å²) in [5.41, 5.74) is 12.1. The number of hydrogen-bond acceptors (Lipinski definition) is 6. The van der Waals surface area contributed by atoms with Gasteiger partial charge in [0.05, 0.1) is 17.6 Å². The largest absolute Gasteiger partial charge is 0.382 e. The van der Waals surface area contributed by atoms with Crippen molar-refractivity contribution in [3.8, 4) is 28.5 Å². The highest BCUT2D eigenvalue weighted by atomic mass is 15.3. The van der Waals surface area contributed by atoms with E-state index in [9.17, 15) is 5.26 Å². The van der Waals surface area contributed by atoms with Crippen molar-refractivity contribution in [2.45, 2.75) is 43.7 Å². The van der Waals surface area contributed by atoms with E-state index >= 15 is 0 Å². The minimum Gasteiger partial charge on any atom is -0.382 e. The van der Waals surface area contributed by atoms with Gasteiger partial charge in [-0.25, -0.2) is 4.98 Å². The molecule has 3 N–H and O–H groups in total. The molecule has 5 heterocycles. The highest BCUT2D eigenvalue weighted by molar-refractivity contribution is 5.79. The van der Waals surface area contributed by atoms with Gasteiger partial charge in [-0.1, -0.05) is 36.4 Å². The average Bonchev–Trinajstić information content (AvgIpc) is 3.42. The molecule has 0 aliphatic carbocycles. The maximum atomic E-state index is 9.86. The number of rotatable bonds is 3. The predicted molar refractivity (Wildman–Crippen MR) is 123 cm³/mol. The Hall–Kier alpha value is -3.76. The van der Waals surface area contributed by atoms with Gasteiger partial charge in [-0.3, -0.25) is 4.98 Å². The summed E-state index contributed by atoms with van der Waals surface area (Å²) in [4.78, 5) is 9.64. The number of nitriles is 1. The normalized spacial score (nSPS) is 22.2. The van der Waals surface area contributed by atoms with Crippen molar-refractivity contribution < 1.29 is 0 Å². The molecule has 158 valence electrons. The number of aromatic nitrogens is 4. The monoisotopic (exact) mass is 421 g/mol. The van der Waals surface area contributed by atoms with Gasteiger partial charge < -0.3 is 11.1 Å². The number of nitrogen functional groups attached to an aromatic ring is 1. The SMILES string of the molecule is N#Cc1c([C@H]2C[C@H]3CC[C@@H](C2)N3)nc2c(-c3ccc(-c4ccccc4)nc3)cnn2c1N. The van der Waals surface area contributed by atoms with Gasteiger partial charge in [0.15, 0.2) is 5.65 Å². The van der Waals surface area contributed by atoms with Gasteiger partial charge in [-0.15, -0.1) is 0 Å². The topological polar surface area (TPSA) is 105 Å². The molecule has 0 unspecified atom stereocenters. The van der Waals surface area contributed by atoms with Gasteiger partial charge in [-0.2, -0.15) is 14.9 Å². The van der Waals surface area contributed by atoms with E-state index in [1.54, 1.807) is 10.7 Å². The van der Waals surface area contributed by atoms with Gasteiger partial charge in [-0.05, 0) is 31.7 Å². The summed E-state index contributed by atoms with van der Waals surface area (Å²) >= 11 is 0. The lowest BCUT2D eigenvalue weighted by atomic mass is 9.87. The van der Waals surface area contributed by atoms with Crippen LogP contribution in [0.1, 0.15) is 42.9 Å². The van der Waals surface area contributed by atoms with E-state index in [1.807, 2.05) is 48.7 Å². The molecule has 0 saturated carbocycles. The lowest BCUT2D eigenvalue weighted by Crippen LogP contribution is -2.37. The van der Waals surface area contributed by atoms with E-state index < -0.39 is 0 Å². The summed E-state index contributed by atoms with van der Waals surface area (Å²) in [5.74, 6) is 0.593. The molecule has 0 spiro atoms. The van der Waals surface area contributed by atoms with Gasteiger partial charge in [0.1, 0.15) is 17.5 Å². The Balaban J connectivity index is 1.43. The number of fused-ring (bicyclic) bond motifs is 3. The molecule has 2 aliphatic rings. The Morgan fingerprint density at radius 1 is 1.00 bits per heavy atom. The summed E-state index contributed by atoms with van der Waals surface area (Å²) < 4.78 is 1.58. The standard InChI is InChI=1S/C25H23N7/c26-12-20-23(17-10-18-7-8-19(11-17)30-18)31-25-21(14-29-32(25)24(20)27)16-6-9-22(28-13-16)15-4-2-1-3-5-15/h1-6,9,13-14,17-19,30H,7-8,10-11,27H2/t17-,18+,19-. The number of piperidine rings is 1. The Kier molecular flexibility index (Phi) is 4.40. The zero-order valence-corrected chi connectivity index (χ0v) is 17.6. The summed E-state index contributed by atoms with van der Waals surface area (Å²) in [6.07, 6.45) is 7.97. The van der Waals surface area contributed by atoms with E-state index in [0.29, 0.717) is 29.1 Å². The fraction of sp³-hybridized carbons (Fsp3) is 0.280. The van der Waals surface area contributed by atoms with Crippen LogP contribution in [0.25, 0.3) is 28.0 Å². The fourth-order valence-corrected chi connectivity index (χ4v) is 5.26. The van der Waals surface area contributed by atoms with E-state index in [0.717, 1.165) is 40.9 Å². The zero-order chi connectivity index (χ0) is 21.7. The number of nitrogens with two attached hydrogens (primary N) is 1. The third kappa shape index (κ3) is 3.03. The second-order valence-corrected chi connectivity index (χ2v) is 8.77. The van der Waals surface area contributed by atoms with Crippen molar-refractivity contribution in [1.82, 2.24) is 24.9 Å². The number of nitrogens with one attached hydrogen (secondary N) is 1. The third-order valence-corrected chi connectivity index (χ3v) is 6.83. The summed E-state index contributed by atoms with van der Waals surface area (Å²) in [5, 5.41) is 18.0. The predicted octanol–water partition coefficient (Wildman–Crippen LogP) is 3.91. The van der Waals surface area contributed by atoms with Gasteiger partial charge in [0.2, 0.25) is 0 Å². The molecule has 7 nitrogen and oxygen atoms in total. The van der Waals surface area contributed by atoms with Crippen LogP contribution in [0.2, 0.25) is 0 Å². The number of pyridine rings is 1. The Labute approximate surface area is 185 Å². The third-order valence-electron chi connectivity index (χ3n) is 6.83. The van der Waals surface area contributed by atoms with E-state index in [-0.39, 0.29) is 5.92 Å². The molecular formula is C25H23N7. The van der Waals surface area contributed by atoms with Crippen LogP contribution >= 0.6 is 0 Å². The van der Waals surface area contributed by atoms with Crippen molar-refractivity contribution in [1.29, 1.82) is 5.26 Å². The van der Waals surface area contributed by atoms with Crippen molar-refractivity contribution >= 4 is 11.5 Å². The highest BCUT2D eigenvalue weighted by Crippen LogP contribution is 2.39. The molecule has 2 fully saturated rings. The van der Waals surface area contributed by atoms with Crippen molar-refractivity contribution in [2.75, 3.05) is 5.73 Å². The first-order chi connectivity index (χ1) is 15.7. The fourth-order valence-electron chi connectivity index (χ4n) is 5.26. The molecule has 4 aromatic rings. The quantitative estimate of drug-likeness (QED) is 0.520. The highest BCUT2D eigenvalue weighted by Gasteiger charge is 2.36. The van der Waals surface area contributed by atoms with Crippen LogP contribution < -0.4 is 11.1 Å². The molecule has 0 amide bonds. The number of anilines is 1. The molecule has 2 bridgehead atoms. The lowest BCUT2D eigenvalue weighted by Gasteiger charge is -2.29. The Bertz CT molecular complexity index is 1320. The first-order valence-corrected chi connectivity index (χ1v) is 11.1. The Morgan fingerprint density at radius 3 is 2.47 bits per heavy atom. The second-order valence-electron chi connectivity index (χ2n) is 8.77. The molecule has 2 saturated heterocycles. The van der Waals surface area contributed by atoms with Crippen LogP contribution in [0.3, 0.4) is 0 Å². The smallest absolute Gasteiger partial charge is 0.165 e. The lowest BCUT2D eigenvalue weighted by molar-refractivity contribution is 0.359. The number of benzene rings is 1. The van der Waals surface area contributed by atoms with Crippen molar-refractivity contribution in [3.63, 3.8) is 0 Å². The summed E-state index contributed by atoms with van der Waals surface area (Å²) in [6.45, 7) is 0. The first kappa shape index (κ1) is 19.0. The van der Waals surface area contributed by atoms with Crippen LogP contribution in [0.15, 0.2) is 54.9 Å². The Morgan fingerprint density at radius 2 is 1.78 bits per heavy atom. The van der Waals surface area contributed by atoms with Crippen molar-refractivity contribution in [2.24, 2.45) is 0 Å². The minimum atomic E-state index is 0.233. The summed E-state index contributed by atoms with van der Waals surface area (Å²) in [6, 6.07) is 17.4. The molecule has 32 heavy (non-hydrogen) atoms. The minimum absolute atomic E-state index is 0.233. The van der Waals surface area contributed by atoms with Crippen LogP contribution in [0.5, 0.6) is 0 Å². The first-order valence-electron chi connectivity index (χ1n) is 11.1. The van der Waals surface area contributed by atoms with Crippen LogP contribution in [-0.4, -0.2) is 31.7 Å². The number of hydrogen-bond donors (Lipinski definition) is 2. The van der Waals surface area contributed by atoms with E-state index in [2.05, 4.69) is 21.5 Å².